The van der Waals surface area contributed by atoms with Crippen LogP contribution in [0.2, 0.25) is 0 Å². The lowest BCUT2D eigenvalue weighted by Crippen LogP contribution is -2.50. The number of methoxy groups -OCH3 is 1. The van der Waals surface area contributed by atoms with Crippen molar-refractivity contribution in [3.05, 3.63) is 23.0 Å². The summed E-state index contributed by atoms with van der Waals surface area (Å²) >= 11 is 0. The highest BCUT2D eigenvalue weighted by Crippen LogP contribution is 2.27. The van der Waals surface area contributed by atoms with Crippen molar-refractivity contribution in [2.75, 3.05) is 20.2 Å². The number of pyridine rings is 1. The van der Waals surface area contributed by atoms with E-state index in [0.717, 1.165) is 42.1 Å². The molecule has 0 aliphatic heterocycles. The van der Waals surface area contributed by atoms with E-state index in [2.05, 4.69) is 37.6 Å². The van der Waals surface area contributed by atoms with Gasteiger partial charge in [-0.25, -0.2) is 0 Å². The number of aromatic nitrogens is 1. The quantitative estimate of drug-likeness (QED) is 0.833. The Balaban J connectivity index is 3.08. The van der Waals surface area contributed by atoms with Crippen molar-refractivity contribution in [2.24, 2.45) is 5.73 Å². The molecule has 0 aliphatic carbocycles. The first-order chi connectivity index (χ1) is 9.43. The van der Waals surface area contributed by atoms with Crippen LogP contribution in [-0.2, 0) is 6.54 Å². The predicted molar refractivity (Wildman–Crippen MR) is 84.1 cm³/mol. The van der Waals surface area contributed by atoms with Gasteiger partial charge in [0.1, 0.15) is 5.75 Å². The lowest BCUT2D eigenvalue weighted by molar-refractivity contribution is 0.102. The topological polar surface area (TPSA) is 51.4 Å². The van der Waals surface area contributed by atoms with Gasteiger partial charge in [-0.15, -0.1) is 0 Å². The van der Waals surface area contributed by atoms with Crippen molar-refractivity contribution in [3.8, 4) is 5.75 Å². The van der Waals surface area contributed by atoms with Crippen molar-refractivity contribution < 1.29 is 4.74 Å². The van der Waals surface area contributed by atoms with Crippen LogP contribution in [0.3, 0.4) is 0 Å². The monoisotopic (exact) mass is 279 g/mol. The number of hydrogen-bond donors (Lipinski definition) is 1. The molecule has 0 aliphatic rings. The van der Waals surface area contributed by atoms with Crippen LogP contribution < -0.4 is 10.5 Å². The summed E-state index contributed by atoms with van der Waals surface area (Å²) in [4.78, 5) is 6.99. The Morgan fingerprint density at radius 2 is 2.00 bits per heavy atom. The molecule has 0 fully saturated rings. The van der Waals surface area contributed by atoms with Crippen LogP contribution in [0.25, 0.3) is 0 Å². The van der Waals surface area contributed by atoms with Gasteiger partial charge in [-0.05, 0) is 33.7 Å². The molecule has 1 heterocycles. The third-order valence-corrected chi connectivity index (χ3v) is 4.44. The first-order valence-corrected chi connectivity index (χ1v) is 7.37. The second-order valence-electron chi connectivity index (χ2n) is 5.61. The first-order valence-electron chi connectivity index (χ1n) is 7.37. The molecule has 4 nitrogen and oxygen atoms in total. The molecular formula is C16H29N3O. The molecule has 1 unspecified atom stereocenters. The maximum absolute atomic E-state index is 5.98. The number of rotatable bonds is 7. The summed E-state index contributed by atoms with van der Waals surface area (Å²) in [6, 6.07) is 0. The van der Waals surface area contributed by atoms with Crippen LogP contribution in [0, 0.1) is 13.8 Å². The van der Waals surface area contributed by atoms with Crippen LogP contribution in [0.5, 0.6) is 5.75 Å². The van der Waals surface area contributed by atoms with Gasteiger partial charge in [-0.1, -0.05) is 13.8 Å². The number of likely N-dealkylation sites (N-methyl/N-ethyl adjacent to an activating group) is 1. The fourth-order valence-corrected chi connectivity index (χ4v) is 2.59. The molecule has 4 heteroatoms. The Hall–Kier alpha value is -1.13. The fourth-order valence-electron chi connectivity index (χ4n) is 2.59. The molecule has 1 atom stereocenters. The lowest BCUT2D eigenvalue weighted by atomic mass is 9.95. The summed E-state index contributed by atoms with van der Waals surface area (Å²) in [5.74, 6) is 0.942. The van der Waals surface area contributed by atoms with Gasteiger partial charge in [0.15, 0.2) is 0 Å². The fraction of sp³-hybridized carbons (Fsp3) is 0.688. The zero-order valence-corrected chi connectivity index (χ0v) is 13.8. The van der Waals surface area contributed by atoms with Gasteiger partial charge in [0.25, 0.3) is 0 Å². The molecule has 20 heavy (non-hydrogen) atoms. The van der Waals surface area contributed by atoms with Crippen molar-refractivity contribution in [3.63, 3.8) is 0 Å². The predicted octanol–water partition coefficient (Wildman–Crippen LogP) is 2.66. The smallest absolute Gasteiger partial charge is 0.128 e. The summed E-state index contributed by atoms with van der Waals surface area (Å²) in [6.07, 6.45) is 2.92. The lowest BCUT2D eigenvalue weighted by Gasteiger charge is -2.39. The van der Waals surface area contributed by atoms with Gasteiger partial charge in [-0.2, -0.15) is 0 Å². The van der Waals surface area contributed by atoms with Gasteiger partial charge in [0.2, 0.25) is 0 Å². The summed E-state index contributed by atoms with van der Waals surface area (Å²) < 4.78 is 5.49. The standard InChI is InChI=1S/C16H29N3O/c1-7-16(5,11-17)19(8-2)10-14-13(4)15(20-6)12(3)9-18-14/h9H,7-8,10-11,17H2,1-6H3. The van der Waals surface area contributed by atoms with E-state index in [1.807, 2.05) is 13.1 Å². The molecule has 0 saturated heterocycles. The van der Waals surface area contributed by atoms with Crippen molar-refractivity contribution in [2.45, 2.75) is 53.1 Å². The highest BCUT2D eigenvalue weighted by molar-refractivity contribution is 5.41. The number of ether oxygens (including phenoxy) is 1. The maximum Gasteiger partial charge on any atom is 0.128 e. The molecule has 0 saturated carbocycles. The van der Waals surface area contributed by atoms with E-state index in [9.17, 15) is 0 Å². The molecule has 0 bridgehead atoms. The number of aryl methyl sites for hydroxylation is 1. The molecule has 1 rings (SSSR count). The van der Waals surface area contributed by atoms with Gasteiger partial charge < -0.3 is 10.5 Å². The van der Waals surface area contributed by atoms with E-state index in [-0.39, 0.29) is 5.54 Å². The molecule has 2 N–H and O–H groups in total. The summed E-state index contributed by atoms with van der Waals surface area (Å²) in [7, 11) is 1.72. The molecule has 0 amide bonds. The van der Waals surface area contributed by atoms with E-state index >= 15 is 0 Å². The Bertz CT molecular complexity index is 442. The van der Waals surface area contributed by atoms with Crippen LogP contribution in [-0.4, -0.2) is 35.6 Å². The molecule has 1 aromatic rings. The van der Waals surface area contributed by atoms with Gasteiger partial charge >= 0.3 is 0 Å². The molecular weight excluding hydrogens is 250 g/mol. The minimum Gasteiger partial charge on any atom is -0.496 e. The van der Waals surface area contributed by atoms with Crippen LogP contribution >= 0.6 is 0 Å². The Labute approximate surface area is 123 Å². The van der Waals surface area contributed by atoms with Crippen molar-refractivity contribution in [1.29, 1.82) is 0 Å². The summed E-state index contributed by atoms with van der Waals surface area (Å²) in [5.41, 5.74) is 9.27. The number of nitrogens with zero attached hydrogens (tertiary/aromatic N) is 2. The summed E-state index contributed by atoms with van der Waals surface area (Å²) in [6.45, 7) is 13.1. The van der Waals surface area contributed by atoms with E-state index in [0.29, 0.717) is 6.54 Å². The number of nitrogens with two attached hydrogens (primary N) is 1. The largest absolute Gasteiger partial charge is 0.496 e. The number of hydrogen-bond acceptors (Lipinski definition) is 4. The molecule has 0 aromatic carbocycles. The van der Waals surface area contributed by atoms with Crippen molar-refractivity contribution >= 4 is 0 Å². The van der Waals surface area contributed by atoms with E-state index in [4.69, 9.17) is 10.5 Å². The molecule has 114 valence electrons. The third-order valence-electron chi connectivity index (χ3n) is 4.44. The van der Waals surface area contributed by atoms with Gasteiger partial charge in [0, 0.05) is 36.0 Å². The minimum absolute atomic E-state index is 0.0149. The second kappa shape index (κ2) is 7.04. The van der Waals surface area contributed by atoms with E-state index in [1.54, 1.807) is 7.11 Å². The minimum atomic E-state index is 0.0149. The second-order valence-corrected chi connectivity index (χ2v) is 5.61. The molecule has 0 spiro atoms. The van der Waals surface area contributed by atoms with Crippen LogP contribution in [0.4, 0.5) is 0 Å². The Morgan fingerprint density at radius 1 is 1.35 bits per heavy atom. The molecule has 1 aromatic heterocycles. The normalized spacial score (nSPS) is 14.4. The average molecular weight is 279 g/mol. The third kappa shape index (κ3) is 3.30. The molecule has 0 radical (unpaired) electrons. The first kappa shape index (κ1) is 16.9. The zero-order chi connectivity index (χ0) is 15.3. The highest BCUT2D eigenvalue weighted by Gasteiger charge is 2.28. The van der Waals surface area contributed by atoms with Gasteiger partial charge in [0.05, 0.1) is 12.8 Å². The van der Waals surface area contributed by atoms with E-state index < -0.39 is 0 Å². The zero-order valence-electron chi connectivity index (χ0n) is 13.8. The summed E-state index contributed by atoms with van der Waals surface area (Å²) in [5, 5.41) is 0. The average Bonchev–Trinajstić information content (AvgIpc) is 2.46. The maximum atomic E-state index is 5.98. The SMILES string of the molecule is CCN(Cc1ncc(C)c(OC)c1C)C(C)(CC)CN. The van der Waals surface area contributed by atoms with Gasteiger partial charge in [-0.3, -0.25) is 9.88 Å². The Kier molecular flexibility index (Phi) is 5.96. The highest BCUT2D eigenvalue weighted by atomic mass is 16.5. The van der Waals surface area contributed by atoms with Crippen LogP contribution in [0.15, 0.2) is 6.20 Å². The Morgan fingerprint density at radius 3 is 2.45 bits per heavy atom. The van der Waals surface area contributed by atoms with E-state index in [1.165, 1.54) is 0 Å². The van der Waals surface area contributed by atoms with Crippen molar-refractivity contribution in [1.82, 2.24) is 9.88 Å². The van der Waals surface area contributed by atoms with Crippen LogP contribution in [0.1, 0.15) is 44.0 Å².